The molecular formula is C34H35F2N5O4. The lowest BCUT2D eigenvalue weighted by atomic mass is 10.0. The minimum absolute atomic E-state index is 0.0229. The molecule has 0 spiro atoms. The molecule has 4 aromatic rings. The lowest BCUT2D eigenvalue weighted by Gasteiger charge is -2.18. The molecule has 1 heterocycles. The third-order valence-electron chi connectivity index (χ3n) is 7.24. The molecule has 0 saturated heterocycles. The van der Waals surface area contributed by atoms with Gasteiger partial charge < -0.3 is 25.8 Å². The number of amides is 2. The maximum Gasteiger partial charge on any atom is 0.258 e. The van der Waals surface area contributed by atoms with Gasteiger partial charge >= 0.3 is 0 Å². The number of nitrogens with zero attached hydrogens (tertiary/aromatic N) is 3. The maximum absolute atomic E-state index is 14.7. The van der Waals surface area contributed by atoms with Crippen LogP contribution in [0.15, 0.2) is 79.6 Å². The van der Waals surface area contributed by atoms with E-state index >= 15 is 0 Å². The SMILES string of the molecule is C=CC(=O)N(C)CCOc1c(N)ncnc1-c1cc(F)cc(NC(=O)c2ccc(C3CC3)cc2F)c1C.OCc1ccccc1. The summed E-state index contributed by atoms with van der Waals surface area (Å²) in [5.74, 6) is -1.78. The summed E-state index contributed by atoms with van der Waals surface area (Å²) < 4.78 is 35.1. The fourth-order valence-electron chi connectivity index (χ4n) is 4.49. The zero-order valence-corrected chi connectivity index (χ0v) is 25.1. The van der Waals surface area contributed by atoms with Crippen LogP contribution >= 0.6 is 0 Å². The quantitative estimate of drug-likeness (QED) is 0.197. The molecule has 0 bridgehead atoms. The number of ether oxygens (including phenoxy) is 1. The van der Waals surface area contributed by atoms with Crippen molar-refractivity contribution in [3.05, 3.63) is 114 Å². The zero-order chi connectivity index (χ0) is 32.5. The van der Waals surface area contributed by atoms with E-state index in [-0.39, 0.29) is 54.2 Å². The molecule has 1 aliphatic carbocycles. The predicted octanol–water partition coefficient (Wildman–Crippen LogP) is 5.64. The Morgan fingerprint density at radius 2 is 1.87 bits per heavy atom. The van der Waals surface area contributed by atoms with Gasteiger partial charge in [0.2, 0.25) is 5.91 Å². The molecule has 0 unspecified atom stereocenters. The first-order chi connectivity index (χ1) is 21.6. The van der Waals surface area contributed by atoms with Crippen LogP contribution in [0.4, 0.5) is 20.3 Å². The summed E-state index contributed by atoms with van der Waals surface area (Å²) in [4.78, 5) is 34.1. The Bertz CT molecular complexity index is 1680. The highest BCUT2D eigenvalue weighted by Crippen LogP contribution is 2.40. The number of nitrogen functional groups attached to an aromatic ring is 1. The number of hydrogen-bond donors (Lipinski definition) is 3. The van der Waals surface area contributed by atoms with Gasteiger partial charge in [-0.15, -0.1) is 0 Å². The van der Waals surface area contributed by atoms with E-state index in [4.69, 9.17) is 15.6 Å². The molecule has 0 atom stereocenters. The molecule has 45 heavy (non-hydrogen) atoms. The summed E-state index contributed by atoms with van der Waals surface area (Å²) in [6.45, 7) is 5.54. The van der Waals surface area contributed by atoms with Crippen LogP contribution in [-0.2, 0) is 11.4 Å². The third kappa shape index (κ3) is 8.48. The lowest BCUT2D eigenvalue weighted by Crippen LogP contribution is -2.29. The number of nitrogens with two attached hydrogens (primary N) is 1. The summed E-state index contributed by atoms with van der Waals surface area (Å²) in [6.07, 6.45) is 4.42. The van der Waals surface area contributed by atoms with Crippen molar-refractivity contribution in [1.82, 2.24) is 14.9 Å². The summed E-state index contributed by atoms with van der Waals surface area (Å²) >= 11 is 0. The fraction of sp³-hybridized carbons (Fsp3) is 0.235. The lowest BCUT2D eigenvalue weighted by molar-refractivity contribution is -0.125. The molecule has 1 saturated carbocycles. The van der Waals surface area contributed by atoms with E-state index in [2.05, 4.69) is 21.9 Å². The van der Waals surface area contributed by atoms with E-state index in [0.29, 0.717) is 17.0 Å². The number of aliphatic hydroxyl groups excluding tert-OH is 1. The van der Waals surface area contributed by atoms with Crippen LogP contribution in [-0.4, -0.2) is 52.0 Å². The second-order valence-electron chi connectivity index (χ2n) is 10.5. The van der Waals surface area contributed by atoms with Crippen LogP contribution in [0, 0.1) is 18.6 Å². The van der Waals surface area contributed by atoms with Crippen LogP contribution < -0.4 is 15.8 Å². The van der Waals surface area contributed by atoms with Crippen LogP contribution in [0.1, 0.15) is 45.8 Å². The van der Waals surface area contributed by atoms with E-state index in [1.165, 1.54) is 35.5 Å². The van der Waals surface area contributed by atoms with Crippen LogP contribution in [0.3, 0.4) is 0 Å². The summed E-state index contributed by atoms with van der Waals surface area (Å²) in [6, 6.07) is 16.5. The van der Waals surface area contributed by atoms with Crippen LogP contribution in [0.5, 0.6) is 5.75 Å². The second kappa shape index (κ2) is 15.0. The van der Waals surface area contributed by atoms with Crippen molar-refractivity contribution >= 4 is 23.3 Å². The molecule has 5 rings (SSSR count). The molecule has 1 aliphatic rings. The Balaban J connectivity index is 0.000000501. The smallest absolute Gasteiger partial charge is 0.258 e. The zero-order valence-electron chi connectivity index (χ0n) is 25.1. The molecule has 234 valence electrons. The van der Waals surface area contributed by atoms with Gasteiger partial charge in [0.25, 0.3) is 5.91 Å². The number of hydrogen-bond acceptors (Lipinski definition) is 7. The van der Waals surface area contributed by atoms with Crippen molar-refractivity contribution in [2.24, 2.45) is 0 Å². The summed E-state index contributed by atoms with van der Waals surface area (Å²) in [5, 5.41) is 11.1. The van der Waals surface area contributed by atoms with Gasteiger partial charge in [-0.25, -0.2) is 18.7 Å². The van der Waals surface area contributed by atoms with Gasteiger partial charge in [-0.1, -0.05) is 43.0 Å². The average Bonchev–Trinajstić information content (AvgIpc) is 3.89. The number of carbonyl (C=O) groups excluding carboxylic acids is 2. The van der Waals surface area contributed by atoms with Crippen molar-refractivity contribution < 1.29 is 28.2 Å². The Kier molecular flexibility index (Phi) is 10.9. The normalized spacial score (nSPS) is 12.0. The van der Waals surface area contributed by atoms with Gasteiger partial charge in [-0.2, -0.15) is 0 Å². The van der Waals surface area contributed by atoms with Gasteiger partial charge in [-0.05, 0) is 72.7 Å². The van der Waals surface area contributed by atoms with Gasteiger partial charge in [0.05, 0.1) is 18.7 Å². The standard InChI is InChI=1S/C27H27F2N5O3.C7H8O/c1-4-23(35)34(3)9-10-37-25-24(31-14-32-26(25)30)20-12-18(28)13-22(15(20)2)33-27(36)19-8-7-17(11-21(19)29)16-5-6-16;8-6-7-4-2-1-3-5-7/h4,7-8,11-14,16H,1,5-6,9-10H2,2-3H3,(H,33,36)(H2,30,31,32);1-5,8H,6H2. The predicted molar refractivity (Wildman–Crippen MR) is 169 cm³/mol. The molecule has 9 nitrogen and oxygen atoms in total. The number of halogens is 2. The number of aliphatic hydroxyl groups is 1. The minimum atomic E-state index is -0.701. The van der Waals surface area contributed by atoms with Crippen molar-refractivity contribution in [3.63, 3.8) is 0 Å². The van der Waals surface area contributed by atoms with E-state index in [1.54, 1.807) is 20.0 Å². The van der Waals surface area contributed by atoms with Crippen molar-refractivity contribution in [1.29, 1.82) is 0 Å². The molecular weight excluding hydrogens is 580 g/mol. The minimum Gasteiger partial charge on any atom is -0.486 e. The fourth-order valence-corrected chi connectivity index (χ4v) is 4.49. The highest BCUT2D eigenvalue weighted by atomic mass is 19.1. The Morgan fingerprint density at radius 3 is 2.49 bits per heavy atom. The molecule has 4 N–H and O–H groups in total. The van der Waals surface area contributed by atoms with Gasteiger partial charge in [0.1, 0.15) is 30.3 Å². The number of rotatable bonds is 10. The van der Waals surface area contributed by atoms with Crippen LogP contribution in [0.2, 0.25) is 0 Å². The molecule has 11 heteroatoms. The number of nitrogens with one attached hydrogen (secondary N) is 1. The monoisotopic (exact) mass is 615 g/mol. The number of carbonyl (C=O) groups is 2. The molecule has 1 fully saturated rings. The first kappa shape index (κ1) is 32.7. The van der Waals surface area contributed by atoms with Gasteiger partial charge in [0, 0.05) is 18.3 Å². The molecule has 1 aromatic heterocycles. The number of likely N-dealkylation sites (N-methyl/N-ethyl adjacent to an activating group) is 1. The Labute approximate surface area is 260 Å². The number of benzene rings is 3. The van der Waals surface area contributed by atoms with E-state index in [0.717, 1.165) is 30.0 Å². The highest BCUT2D eigenvalue weighted by Gasteiger charge is 2.25. The first-order valence-electron chi connectivity index (χ1n) is 14.3. The molecule has 0 radical (unpaired) electrons. The first-order valence-corrected chi connectivity index (χ1v) is 14.3. The molecule has 3 aromatic carbocycles. The van der Waals surface area contributed by atoms with Crippen molar-refractivity contribution in [2.75, 3.05) is 31.2 Å². The van der Waals surface area contributed by atoms with E-state index in [9.17, 15) is 18.4 Å². The largest absolute Gasteiger partial charge is 0.486 e. The number of aromatic nitrogens is 2. The van der Waals surface area contributed by atoms with E-state index in [1.807, 2.05) is 30.3 Å². The third-order valence-corrected chi connectivity index (χ3v) is 7.24. The maximum atomic E-state index is 14.7. The van der Waals surface area contributed by atoms with Crippen molar-refractivity contribution in [2.45, 2.75) is 32.3 Å². The van der Waals surface area contributed by atoms with Crippen molar-refractivity contribution in [3.8, 4) is 17.0 Å². The Morgan fingerprint density at radius 1 is 1.13 bits per heavy atom. The van der Waals surface area contributed by atoms with Gasteiger partial charge in [0.15, 0.2) is 11.6 Å². The average molecular weight is 616 g/mol. The highest BCUT2D eigenvalue weighted by molar-refractivity contribution is 6.05. The molecule has 0 aliphatic heterocycles. The second-order valence-corrected chi connectivity index (χ2v) is 10.5. The summed E-state index contributed by atoms with van der Waals surface area (Å²) in [7, 11) is 1.59. The van der Waals surface area contributed by atoms with Crippen LogP contribution in [0.25, 0.3) is 11.3 Å². The number of anilines is 2. The van der Waals surface area contributed by atoms with E-state index < -0.39 is 17.5 Å². The Hall–Kier alpha value is -5.16. The summed E-state index contributed by atoms with van der Waals surface area (Å²) in [5.41, 5.74) is 8.84. The van der Waals surface area contributed by atoms with Gasteiger partial charge in [-0.3, -0.25) is 9.59 Å². The molecule has 2 amide bonds. The topological polar surface area (TPSA) is 131 Å².